The van der Waals surface area contributed by atoms with Crippen molar-refractivity contribution in [3.8, 4) is 22.6 Å². The first-order chi connectivity index (χ1) is 17.8. The number of anilines is 4. The van der Waals surface area contributed by atoms with Crippen LogP contribution in [0.15, 0.2) is 114 Å². The fourth-order valence-electron chi connectivity index (χ4n) is 4.70. The molecule has 1 amide bonds. The molecule has 3 aromatic carbocycles. The van der Waals surface area contributed by atoms with Crippen molar-refractivity contribution in [1.82, 2.24) is 4.98 Å². The van der Waals surface area contributed by atoms with Gasteiger partial charge in [0.15, 0.2) is 0 Å². The molecule has 6 heteroatoms. The Bertz CT molecular complexity index is 1730. The summed E-state index contributed by atoms with van der Waals surface area (Å²) < 4.78 is 5.85. The number of furan rings is 1. The number of hydrogen-bond donors (Lipinski definition) is 1. The van der Waals surface area contributed by atoms with Crippen molar-refractivity contribution in [2.45, 2.75) is 0 Å². The van der Waals surface area contributed by atoms with Crippen molar-refractivity contribution in [2.75, 3.05) is 10.2 Å². The number of aromatic nitrogens is 1. The molecule has 0 fully saturated rings. The van der Waals surface area contributed by atoms with E-state index in [2.05, 4.69) is 5.32 Å². The zero-order valence-electron chi connectivity index (χ0n) is 19.0. The van der Waals surface area contributed by atoms with E-state index >= 15 is 0 Å². The van der Waals surface area contributed by atoms with Gasteiger partial charge in [0.25, 0.3) is 5.91 Å². The Hall–Kier alpha value is -4.68. The second-order valence-corrected chi connectivity index (χ2v) is 9.50. The number of rotatable bonds is 3. The van der Waals surface area contributed by atoms with Gasteiger partial charge in [-0.25, -0.2) is 4.98 Å². The molecule has 5 nitrogen and oxygen atoms in total. The normalized spacial score (nSPS) is 12.7. The van der Waals surface area contributed by atoms with Gasteiger partial charge in [0.2, 0.25) is 0 Å². The molecule has 36 heavy (non-hydrogen) atoms. The molecule has 0 unspecified atom stereocenters. The maximum Gasteiger partial charge on any atom is 0.275 e. The lowest BCUT2D eigenvalue weighted by atomic mass is 10.0. The fraction of sp³-hybridized carbons (Fsp3) is 0. The Balaban J connectivity index is 1.53. The average Bonchev–Trinajstić information content (AvgIpc) is 3.57. The summed E-state index contributed by atoms with van der Waals surface area (Å²) in [7, 11) is 0. The predicted molar refractivity (Wildman–Crippen MR) is 145 cm³/mol. The van der Waals surface area contributed by atoms with Gasteiger partial charge in [-0.15, -0.1) is 11.3 Å². The van der Waals surface area contributed by atoms with Crippen molar-refractivity contribution in [3.63, 3.8) is 0 Å². The zero-order chi connectivity index (χ0) is 24.1. The molecule has 4 heterocycles. The molecule has 6 aromatic rings. The molecular formula is C30H19N3O2S. The van der Waals surface area contributed by atoms with Crippen molar-refractivity contribution in [2.24, 2.45) is 0 Å². The number of fused-ring (bicyclic) bond motifs is 4. The molecule has 1 aliphatic heterocycles. The predicted octanol–water partition coefficient (Wildman–Crippen LogP) is 8.26. The summed E-state index contributed by atoms with van der Waals surface area (Å²) in [5.41, 5.74) is 5.96. The van der Waals surface area contributed by atoms with Crippen LogP contribution in [0.4, 0.5) is 22.7 Å². The lowest BCUT2D eigenvalue weighted by molar-refractivity contribution is 0.100. The van der Waals surface area contributed by atoms with E-state index in [0.29, 0.717) is 4.88 Å². The largest absolute Gasteiger partial charge is 0.464 e. The summed E-state index contributed by atoms with van der Waals surface area (Å²) in [6.07, 6.45) is 1.67. The smallest absolute Gasteiger partial charge is 0.275 e. The van der Waals surface area contributed by atoms with Crippen molar-refractivity contribution in [3.05, 3.63) is 114 Å². The summed E-state index contributed by atoms with van der Waals surface area (Å²) in [6.45, 7) is 0. The molecule has 0 radical (unpaired) electrons. The average molecular weight is 486 g/mol. The monoisotopic (exact) mass is 485 g/mol. The van der Waals surface area contributed by atoms with Gasteiger partial charge in [0.1, 0.15) is 15.5 Å². The fourth-order valence-corrected chi connectivity index (χ4v) is 5.79. The van der Waals surface area contributed by atoms with E-state index in [1.807, 2.05) is 103 Å². The van der Waals surface area contributed by atoms with Crippen LogP contribution >= 0.6 is 11.3 Å². The number of benzene rings is 3. The van der Waals surface area contributed by atoms with Gasteiger partial charge >= 0.3 is 0 Å². The number of nitrogens with one attached hydrogen (secondary N) is 1. The van der Waals surface area contributed by atoms with E-state index in [1.165, 1.54) is 11.3 Å². The Labute approximate surface area is 211 Å². The first-order valence-electron chi connectivity index (χ1n) is 11.6. The van der Waals surface area contributed by atoms with Gasteiger partial charge in [-0.3, -0.25) is 9.69 Å². The quantitative estimate of drug-likeness (QED) is 0.274. The third kappa shape index (κ3) is 3.23. The number of thiophene rings is 1. The summed E-state index contributed by atoms with van der Waals surface area (Å²) in [6, 6.07) is 33.5. The summed E-state index contributed by atoms with van der Waals surface area (Å²) in [4.78, 5) is 22.3. The number of para-hydroxylation sites is 3. The van der Waals surface area contributed by atoms with Gasteiger partial charge in [-0.2, -0.15) is 0 Å². The van der Waals surface area contributed by atoms with E-state index < -0.39 is 0 Å². The van der Waals surface area contributed by atoms with Crippen molar-refractivity contribution >= 4 is 50.2 Å². The van der Waals surface area contributed by atoms with Crippen molar-refractivity contribution < 1.29 is 9.21 Å². The topological polar surface area (TPSA) is 58.4 Å². The van der Waals surface area contributed by atoms with Gasteiger partial charge in [0.05, 0.1) is 29.0 Å². The third-order valence-electron chi connectivity index (χ3n) is 6.33. The molecule has 0 aliphatic carbocycles. The van der Waals surface area contributed by atoms with Crippen LogP contribution in [0.3, 0.4) is 0 Å². The zero-order valence-corrected chi connectivity index (χ0v) is 19.8. The van der Waals surface area contributed by atoms with Gasteiger partial charge in [0, 0.05) is 22.2 Å². The van der Waals surface area contributed by atoms with Crippen LogP contribution in [-0.2, 0) is 0 Å². The van der Waals surface area contributed by atoms with Gasteiger partial charge < -0.3 is 9.73 Å². The highest BCUT2D eigenvalue weighted by Gasteiger charge is 2.32. The van der Waals surface area contributed by atoms with E-state index in [0.717, 1.165) is 55.5 Å². The highest BCUT2D eigenvalue weighted by atomic mass is 32.1. The number of amides is 1. The molecule has 7 rings (SSSR count). The van der Waals surface area contributed by atoms with Crippen molar-refractivity contribution in [1.29, 1.82) is 0 Å². The maximum absolute atomic E-state index is 14.2. The molecule has 0 spiro atoms. The van der Waals surface area contributed by atoms with E-state index in [4.69, 9.17) is 9.40 Å². The van der Waals surface area contributed by atoms with Crippen LogP contribution in [0.25, 0.3) is 32.8 Å². The Kier molecular flexibility index (Phi) is 4.72. The van der Waals surface area contributed by atoms with Crippen LogP contribution < -0.4 is 10.2 Å². The van der Waals surface area contributed by atoms with E-state index in [9.17, 15) is 4.79 Å². The van der Waals surface area contributed by atoms with Crippen LogP contribution in [0.2, 0.25) is 0 Å². The maximum atomic E-state index is 14.2. The molecule has 0 atom stereocenters. The molecule has 172 valence electrons. The minimum absolute atomic E-state index is 0.0942. The van der Waals surface area contributed by atoms with Crippen LogP contribution in [0.5, 0.6) is 0 Å². The number of nitrogens with zero attached hydrogens (tertiary/aromatic N) is 2. The van der Waals surface area contributed by atoms with Gasteiger partial charge in [-0.05, 0) is 42.5 Å². The highest BCUT2D eigenvalue weighted by Crippen LogP contribution is 2.48. The molecule has 1 N–H and O–H groups in total. The number of pyridine rings is 1. The standard InChI is InChI=1S/C30H19N3O2S/c34-30-28-27(31-22-14-7-8-15-24(22)33(30)20-12-5-2-6-13-20)26-21(25-16-9-17-35-25)18-23(32-29(26)36-28)19-10-3-1-4-11-19/h1-18,31H. The van der Waals surface area contributed by atoms with E-state index in [-0.39, 0.29) is 5.91 Å². The van der Waals surface area contributed by atoms with Gasteiger partial charge in [-0.1, -0.05) is 60.7 Å². The second kappa shape index (κ2) is 8.22. The summed E-state index contributed by atoms with van der Waals surface area (Å²) in [5, 5.41) is 4.46. The lowest BCUT2D eigenvalue weighted by Crippen LogP contribution is -2.24. The van der Waals surface area contributed by atoms with E-state index in [1.54, 1.807) is 11.2 Å². The number of carbonyl (C=O) groups excluding carboxylic acids is 1. The molecule has 3 aromatic heterocycles. The molecule has 1 aliphatic rings. The highest BCUT2D eigenvalue weighted by molar-refractivity contribution is 7.21. The first kappa shape index (κ1) is 20.7. The van der Waals surface area contributed by atoms with Crippen LogP contribution in [-0.4, -0.2) is 10.9 Å². The second-order valence-electron chi connectivity index (χ2n) is 8.50. The Morgan fingerprint density at radius 2 is 1.58 bits per heavy atom. The summed E-state index contributed by atoms with van der Waals surface area (Å²) in [5.74, 6) is 0.634. The third-order valence-corrected chi connectivity index (χ3v) is 7.41. The van der Waals surface area contributed by atoms with Crippen LogP contribution in [0.1, 0.15) is 9.67 Å². The Morgan fingerprint density at radius 3 is 2.36 bits per heavy atom. The summed E-state index contributed by atoms with van der Waals surface area (Å²) >= 11 is 1.40. The molecule has 0 bridgehead atoms. The number of hydrogen-bond acceptors (Lipinski definition) is 5. The minimum Gasteiger partial charge on any atom is -0.464 e. The lowest BCUT2D eigenvalue weighted by Gasteiger charge is -2.22. The SMILES string of the molecule is O=C1c2sc3nc(-c4ccccc4)cc(-c4ccco4)c3c2Nc2ccccc2N1c1ccccc1. The minimum atomic E-state index is -0.0942. The number of carbonyl (C=O) groups is 1. The molecular weight excluding hydrogens is 466 g/mol. The van der Waals surface area contributed by atoms with Crippen LogP contribution in [0, 0.1) is 0 Å². The first-order valence-corrected chi connectivity index (χ1v) is 12.4. The Morgan fingerprint density at radius 1 is 0.833 bits per heavy atom. The molecule has 0 saturated heterocycles. The molecule has 0 saturated carbocycles.